The number of thiazole rings is 1. The quantitative estimate of drug-likeness (QED) is 0.631. The molecular formula is C20H18FNO4S2. The molecule has 0 fully saturated rings. The zero-order chi connectivity index (χ0) is 20.5. The molecule has 0 aliphatic carbocycles. The van der Waals surface area contributed by atoms with Gasteiger partial charge < -0.3 is 5.11 Å². The minimum absolute atomic E-state index is 0.110. The molecule has 146 valence electrons. The van der Waals surface area contributed by atoms with Crippen molar-refractivity contribution in [3.63, 3.8) is 0 Å². The molecule has 0 saturated heterocycles. The van der Waals surface area contributed by atoms with Gasteiger partial charge in [0, 0.05) is 11.8 Å². The lowest BCUT2D eigenvalue weighted by Gasteiger charge is -2.08. The number of carboxylic acid groups (broad SMARTS) is 1. The van der Waals surface area contributed by atoms with Gasteiger partial charge in [0.05, 0.1) is 15.5 Å². The van der Waals surface area contributed by atoms with E-state index in [9.17, 15) is 22.7 Å². The van der Waals surface area contributed by atoms with Crippen LogP contribution in [0.3, 0.4) is 0 Å². The molecule has 1 atom stereocenters. The molecule has 3 aromatic rings. The van der Waals surface area contributed by atoms with Gasteiger partial charge in [-0.15, -0.1) is 11.3 Å². The van der Waals surface area contributed by atoms with E-state index in [0.717, 1.165) is 6.26 Å². The largest absolute Gasteiger partial charge is 0.481 e. The van der Waals surface area contributed by atoms with E-state index in [1.807, 2.05) is 0 Å². The van der Waals surface area contributed by atoms with E-state index in [2.05, 4.69) is 4.98 Å². The lowest BCUT2D eigenvalue weighted by atomic mass is 10.1. The number of aliphatic carboxylic acids is 1. The Kier molecular flexibility index (Phi) is 5.62. The van der Waals surface area contributed by atoms with E-state index in [4.69, 9.17) is 0 Å². The molecule has 0 bridgehead atoms. The number of sulfone groups is 1. The number of hydrogen-bond acceptors (Lipinski definition) is 5. The molecule has 3 rings (SSSR count). The highest BCUT2D eigenvalue weighted by molar-refractivity contribution is 7.90. The van der Waals surface area contributed by atoms with Crippen LogP contribution in [0.1, 0.15) is 24.3 Å². The number of aromatic nitrogens is 1. The number of rotatable bonds is 6. The van der Waals surface area contributed by atoms with Crippen molar-refractivity contribution in [2.45, 2.75) is 24.2 Å². The summed E-state index contributed by atoms with van der Waals surface area (Å²) in [6, 6.07) is 12.2. The lowest BCUT2D eigenvalue weighted by Crippen LogP contribution is -2.10. The van der Waals surface area contributed by atoms with Crippen molar-refractivity contribution in [2.24, 2.45) is 0 Å². The van der Waals surface area contributed by atoms with Crippen LogP contribution < -0.4 is 0 Å². The summed E-state index contributed by atoms with van der Waals surface area (Å²) in [5, 5.41) is 9.89. The maximum absolute atomic E-state index is 13.4. The van der Waals surface area contributed by atoms with Gasteiger partial charge in [-0.3, -0.25) is 4.79 Å². The third kappa shape index (κ3) is 3.98. The smallest absolute Gasteiger partial charge is 0.313 e. The van der Waals surface area contributed by atoms with Crippen molar-refractivity contribution in [1.29, 1.82) is 0 Å². The van der Waals surface area contributed by atoms with Gasteiger partial charge in [0.2, 0.25) is 0 Å². The van der Waals surface area contributed by atoms with Crippen LogP contribution in [0.15, 0.2) is 53.4 Å². The van der Waals surface area contributed by atoms with Crippen LogP contribution in [0.25, 0.3) is 21.7 Å². The summed E-state index contributed by atoms with van der Waals surface area (Å²) in [6.07, 6.45) is 1.46. The van der Waals surface area contributed by atoms with Crippen LogP contribution in [-0.2, 0) is 14.6 Å². The molecule has 5 nitrogen and oxygen atoms in total. The minimum Gasteiger partial charge on any atom is -0.481 e. The van der Waals surface area contributed by atoms with Gasteiger partial charge in [0.1, 0.15) is 16.7 Å². The fourth-order valence-corrected chi connectivity index (χ4v) is 5.06. The monoisotopic (exact) mass is 419 g/mol. The van der Waals surface area contributed by atoms with Crippen LogP contribution >= 0.6 is 11.3 Å². The van der Waals surface area contributed by atoms with Crippen molar-refractivity contribution in [3.05, 3.63) is 59.4 Å². The highest BCUT2D eigenvalue weighted by atomic mass is 32.2. The molecule has 0 aliphatic rings. The van der Waals surface area contributed by atoms with Crippen LogP contribution in [0.2, 0.25) is 0 Å². The van der Waals surface area contributed by atoms with Gasteiger partial charge in [0.15, 0.2) is 9.84 Å². The molecule has 0 radical (unpaired) electrons. The predicted molar refractivity (Wildman–Crippen MR) is 107 cm³/mol. The molecule has 1 N–H and O–H groups in total. The van der Waals surface area contributed by atoms with E-state index in [0.29, 0.717) is 33.1 Å². The van der Waals surface area contributed by atoms with Crippen LogP contribution in [0, 0.1) is 5.82 Å². The van der Waals surface area contributed by atoms with Gasteiger partial charge in [0.25, 0.3) is 0 Å². The first-order valence-electron chi connectivity index (χ1n) is 8.51. The summed E-state index contributed by atoms with van der Waals surface area (Å²) < 4.78 is 37.9. The number of nitrogens with zero attached hydrogens (tertiary/aromatic N) is 1. The van der Waals surface area contributed by atoms with Gasteiger partial charge >= 0.3 is 5.97 Å². The van der Waals surface area contributed by atoms with Crippen LogP contribution in [-0.4, -0.2) is 30.7 Å². The molecule has 2 aromatic carbocycles. The molecular weight excluding hydrogens is 401 g/mol. The van der Waals surface area contributed by atoms with Crippen molar-refractivity contribution < 1.29 is 22.7 Å². The zero-order valence-electron chi connectivity index (χ0n) is 15.2. The molecule has 28 heavy (non-hydrogen) atoms. The van der Waals surface area contributed by atoms with Crippen LogP contribution in [0.4, 0.5) is 4.39 Å². The zero-order valence-corrected chi connectivity index (χ0v) is 16.8. The fraction of sp³-hybridized carbons (Fsp3) is 0.200. The Morgan fingerprint density at radius 2 is 1.82 bits per heavy atom. The third-order valence-electron chi connectivity index (χ3n) is 4.30. The van der Waals surface area contributed by atoms with E-state index in [1.54, 1.807) is 37.3 Å². The Bertz CT molecular complexity index is 1120. The first kappa shape index (κ1) is 20.2. The number of hydrogen-bond donors (Lipinski definition) is 1. The second-order valence-electron chi connectivity index (χ2n) is 6.30. The van der Waals surface area contributed by atoms with E-state index in [1.165, 1.54) is 29.5 Å². The second kappa shape index (κ2) is 7.81. The molecule has 0 aliphatic heterocycles. The van der Waals surface area contributed by atoms with Gasteiger partial charge in [-0.05, 0) is 30.2 Å². The highest BCUT2D eigenvalue weighted by Gasteiger charge is 2.27. The molecule has 0 amide bonds. The summed E-state index contributed by atoms with van der Waals surface area (Å²) in [5.74, 6) is -2.20. The summed E-state index contributed by atoms with van der Waals surface area (Å²) in [5.41, 5.74) is 1.42. The SMILES string of the molecule is CCC(C(=O)O)c1nc(-c2ccccc2S(C)(=O)=O)c(-c2ccc(F)cc2)s1. The molecule has 1 aromatic heterocycles. The maximum Gasteiger partial charge on any atom is 0.313 e. The maximum atomic E-state index is 13.4. The first-order chi connectivity index (χ1) is 13.2. The topological polar surface area (TPSA) is 84.3 Å². The lowest BCUT2D eigenvalue weighted by molar-refractivity contribution is -0.138. The normalized spacial score (nSPS) is 12.7. The van der Waals surface area contributed by atoms with Crippen molar-refractivity contribution in [3.8, 4) is 21.7 Å². The van der Waals surface area contributed by atoms with Gasteiger partial charge in [-0.1, -0.05) is 37.3 Å². The molecule has 8 heteroatoms. The number of benzene rings is 2. The van der Waals surface area contributed by atoms with Gasteiger partial charge in [-0.25, -0.2) is 17.8 Å². The Morgan fingerprint density at radius 1 is 1.18 bits per heavy atom. The Labute approximate surface area is 166 Å². The molecule has 0 spiro atoms. The molecule has 1 heterocycles. The molecule has 1 unspecified atom stereocenters. The number of carbonyl (C=O) groups is 1. The Morgan fingerprint density at radius 3 is 2.39 bits per heavy atom. The Hall–Kier alpha value is -2.58. The highest BCUT2D eigenvalue weighted by Crippen LogP contribution is 2.41. The molecule has 0 saturated carbocycles. The summed E-state index contributed by atoms with van der Waals surface area (Å²) >= 11 is 1.18. The van der Waals surface area contributed by atoms with E-state index < -0.39 is 27.5 Å². The van der Waals surface area contributed by atoms with Crippen molar-refractivity contribution in [1.82, 2.24) is 4.98 Å². The van der Waals surface area contributed by atoms with E-state index >= 15 is 0 Å². The second-order valence-corrected chi connectivity index (χ2v) is 9.32. The van der Waals surface area contributed by atoms with Crippen molar-refractivity contribution in [2.75, 3.05) is 6.26 Å². The van der Waals surface area contributed by atoms with Crippen LogP contribution in [0.5, 0.6) is 0 Å². The average Bonchev–Trinajstić information content (AvgIpc) is 3.06. The average molecular weight is 419 g/mol. The van der Waals surface area contributed by atoms with Crippen molar-refractivity contribution >= 4 is 27.1 Å². The fourth-order valence-electron chi connectivity index (χ4n) is 2.91. The van der Waals surface area contributed by atoms with E-state index in [-0.39, 0.29) is 4.90 Å². The summed E-state index contributed by atoms with van der Waals surface area (Å²) in [7, 11) is -3.53. The van der Waals surface area contributed by atoms with Gasteiger partial charge in [-0.2, -0.15) is 0 Å². The predicted octanol–water partition coefficient (Wildman–Crippen LogP) is 4.60. The summed E-state index contributed by atoms with van der Waals surface area (Å²) in [4.78, 5) is 16.9. The summed E-state index contributed by atoms with van der Waals surface area (Å²) in [6.45, 7) is 1.75. The standard InChI is InChI=1S/C20H18FNO4S2/c1-3-14(20(23)24)19-22-17(15-6-4-5-7-16(15)28(2,25)26)18(27-19)12-8-10-13(21)11-9-12/h4-11,14H,3H2,1-2H3,(H,23,24). The first-order valence-corrected chi connectivity index (χ1v) is 11.2. The Balaban J connectivity index is 2.30. The minimum atomic E-state index is -3.53. The third-order valence-corrected chi connectivity index (χ3v) is 6.67. The number of halogens is 1. The number of carboxylic acids is 1.